The van der Waals surface area contributed by atoms with Crippen molar-refractivity contribution in [1.82, 2.24) is 0 Å². The highest BCUT2D eigenvalue weighted by Gasteiger charge is 2.24. The standard InChI is InChI=1S/C14H20/c1-3-12-7-9-13(10-8-12)14-6-4-5-11(14)2/h7-11,14H,3-6H2,1-2H3/t11-,14?/m0/s1. The maximum absolute atomic E-state index is 2.39. The molecule has 0 aliphatic heterocycles. The third-order valence-corrected chi connectivity index (χ3v) is 3.68. The molecule has 1 aliphatic rings. The molecule has 0 heterocycles. The van der Waals surface area contributed by atoms with E-state index >= 15 is 0 Å². The van der Waals surface area contributed by atoms with Crippen molar-refractivity contribution in [3.05, 3.63) is 35.4 Å². The van der Waals surface area contributed by atoms with E-state index in [4.69, 9.17) is 0 Å². The molecule has 1 aromatic rings. The largest absolute Gasteiger partial charge is 0.0619 e. The molecule has 1 unspecified atom stereocenters. The fourth-order valence-corrected chi connectivity index (χ4v) is 2.64. The Morgan fingerprint density at radius 1 is 1.14 bits per heavy atom. The average Bonchev–Trinajstić information content (AvgIpc) is 2.65. The molecule has 0 radical (unpaired) electrons. The summed E-state index contributed by atoms with van der Waals surface area (Å²) in [5, 5.41) is 0. The first kappa shape index (κ1) is 9.76. The van der Waals surface area contributed by atoms with Crippen LogP contribution in [0.15, 0.2) is 24.3 Å². The predicted molar refractivity (Wildman–Crippen MR) is 61.6 cm³/mol. The van der Waals surface area contributed by atoms with Gasteiger partial charge in [-0.3, -0.25) is 0 Å². The van der Waals surface area contributed by atoms with E-state index in [-0.39, 0.29) is 0 Å². The Kier molecular flexibility index (Phi) is 2.90. The summed E-state index contributed by atoms with van der Waals surface area (Å²) >= 11 is 0. The van der Waals surface area contributed by atoms with Crippen LogP contribution in [0.25, 0.3) is 0 Å². The molecule has 1 aliphatic carbocycles. The van der Waals surface area contributed by atoms with Crippen LogP contribution in [0.1, 0.15) is 50.2 Å². The van der Waals surface area contributed by atoms with Gasteiger partial charge in [0.15, 0.2) is 0 Å². The Hall–Kier alpha value is -0.780. The van der Waals surface area contributed by atoms with E-state index in [0.717, 1.165) is 18.3 Å². The molecule has 1 saturated carbocycles. The Labute approximate surface area is 87.3 Å². The van der Waals surface area contributed by atoms with Gasteiger partial charge in [0.25, 0.3) is 0 Å². The van der Waals surface area contributed by atoms with Crippen molar-refractivity contribution in [2.45, 2.75) is 45.4 Å². The minimum atomic E-state index is 0.834. The lowest BCUT2D eigenvalue weighted by Crippen LogP contribution is -2.01. The Morgan fingerprint density at radius 2 is 1.86 bits per heavy atom. The molecule has 0 bridgehead atoms. The zero-order valence-corrected chi connectivity index (χ0v) is 9.29. The van der Waals surface area contributed by atoms with E-state index in [1.165, 1.54) is 24.8 Å². The van der Waals surface area contributed by atoms with Gasteiger partial charge in [-0.1, -0.05) is 51.0 Å². The first-order chi connectivity index (χ1) is 6.81. The van der Waals surface area contributed by atoms with Gasteiger partial charge in [0, 0.05) is 0 Å². The summed E-state index contributed by atoms with van der Waals surface area (Å²) in [6.07, 6.45) is 5.38. The van der Waals surface area contributed by atoms with Crippen molar-refractivity contribution < 1.29 is 0 Å². The quantitative estimate of drug-likeness (QED) is 0.654. The SMILES string of the molecule is CCc1ccc(C2CCC[C@@H]2C)cc1. The zero-order valence-electron chi connectivity index (χ0n) is 9.29. The van der Waals surface area contributed by atoms with Crippen LogP contribution >= 0.6 is 0 Å². The van der Waals surface area contributed by atoms with Crippen molar-refractivity contribution in [2.75, 3.05) is 0 Å². The van der Waals surface area contributed by atoms with Gasteiger partial charge in [-0.05, 0) is 35.8 Å². The van der Waals surface area contributed by atoms with Crippen LogP contribution in [0.5, 0.6) is 0 Å². The van der Waals surface area contributed by atoms with Crippen LogP contribution in [0.2, 0.25) is 0 Å². The van der Waals surface area contributed by atoms with Gasteiger partial charge < -0.3 is 0 Å². The van der Waals surface area contributed by atoms with Gasteiger partial charge in [0.1, 0.15) is 0 Å². The number of benzene rings is 1. The summed E-state index contributed by atoms with van der Waals surface area (Å²) < 4.78 is 0. The predicted octanol–water partition coefficient (Wildman–Crippen LogP) is 4.15. The normalized spacial score (nSPS) is 26.7. The highest BCUT2D eigenvalue weighted by Crippen LogP contribution is 2.39. The van der Waals surface area contributed by atoms with E-state index in [1.54, 1.807) is 5.56 Å². The molecule has 0 saturated heterocycles. The van der Waals surface area contributed by atoms with Crippen molar-refractivity contribution in [1.29, 1.82) is 0 Å². The average molecular weight is 188 g/mol. The van der Waals surface area contributed by atoms with Gasteiger partial charge in [0.05, 0.1) is 0 Å². The Balaban J connectivity index is 2.16. The van der Waals surface area contributed by atoms with Gasteiger partial charge in [0.2, 0.25) is 0 Å². The molecule has 0 spiro atoms. The van der Waals surface area contributed by atoms with Crippen LogP contribution in [0.4, 0.5) is 0 Å². The minimum Gasteiger partial charge on any atom is -0.0619 e. The second-order valence-electron chi connectivity index (χ2n) is 4.61. The Bertz CT molecular complexity index is 283. The van der Waals surface area contributed by atoms with Crippen molar-refractivity contribution in [3.63, 3.8) is 0 Å². The second kappa shape index (κ2) is 4.16. The number of aryl methyl sites for hydroxylation is 1. The third-order valence-electron chi connectivity index (χ3n) is 3.68. The summed E-state index contributed by atoms with van der Waals surface area (Å²) in [6, 6.07) is 9.26. The van der Waals surface area contributed by atoms with Gasteiger partial charge >= 0.3 is 0 Å². The van der Waals surface area contributed by atoms with Gasteiger partial charge in [-0.25, -0.2) is 0 Å². The van der Waals surface area contributed by atoms with Crippen LogP contribution in [0.3, 0.4) is 0 Å². The summed E-state index contributed by atoms with van der Waals surface area (Å²) in [5.41, 5.74) is 3.02. The molecule has 0 nitrogen and oxygen atoms in total. The third kappa shape index (κ3) is 1.84. The highest BCUT2D eigenvalue weighted by atomic mass is 14.3. The highest BCUT2D eigenvalue weighted by molar-refractivity contribution is 5.26. The molecule has 14 heavy (non-hydrogen) atoms. The molecule has 0 amide bonds. The van der Waals surface area contributed by atoms with Crippen molar-refractivity contribution in [2.24, 2.45) is 5.92 Å². The van der Waals surface area contributed by atoms with E-state index < -0.39 is 0 Å². The molecule has 2 atom stereocenters. The van der Waals surface area contributed by atoms with Crippen molar-refractivity contribution >= 4 is 0 Å². The number of rotatable bonds is 2. The lowest BCUT2D eigenvalue weighted by atomic mass is 9.90. The summed E-state index contributed by atoms with van der Waals surface area (Å²) in [7, 11) is 0. The summed E-state index contributed by atoms with van der Waals surface area (Å²) in [4.78, 5) is 0. The maximum Gasteiger partial charge on any atom is -0.0136 e. The fourth-order valence-electron chi connectivity index (χ4n) is 2.64. The topological polar surface area (TPSA) is 0 Å². The maximum atomic E-state index is 2.39. The van der Waals surface area contributed by atoms with Crippen LogP contribution < -0.4 is 0 Å². The van der Waals surface area contributed by atoms with Gasteiger partial charge in [-0.2, -0.15) is 0 Å². The number of hydrogen-bond donors (Lipinski definition) is 0. The first-order valence-corrected chi connectivity index (χ1v) is 5.90. The fraction of sp³-hybridized carbons (Fsp3) is 0.571. The van der Waals surface area contributed by atoms with Crippen LogP contribution in [-0.2, 0) is 6.42 Å². The van der Waals surface area contributed by atoms with Gasteiger partial charge in [-0.15, -0.1) is 0 Å². The van der Waals surface area contributed by atoms with Crippen molar-refractivity contribution in [3.8, 4) is 0 Å². The zero-order chi connectivity index (χ0) is 9.97. The second-order valence-corrected chi connectivity index (χ2v) is 4.61. The number of hydrogen-bond acceptors (Lipinski definition) is 0. The summed E-state index contributed by atoms with van der Waals surface area (Å²) in [5.74, 6) is 1.73. The molecule has 76 valence electrons. The van der Waals surface area contributed by atoms with E-state index in [9.17, 15) is 0 Å². The van der Waals surface area contributed by atoms with E-state index in [1.807, 2.05) is 0 Å². The monoisotopic (exact) mass is 188 g/mol. The van der Waals surface area contributed by atoms with E-state index in [0.29, 0.717) is 0 Å². The molecule has 1 aromatic carbocycles. The van der Waals surface area contributed by atoms with E-state index in [2.05, 4.69) is 38.1 Å². The lowest BCUT2D eigenvalue weighted by Gasteiger charge is -2.15. The molecule has 2 rings (SSSR count). The Morgan fingerprint density at radius 3 is 2.36 bits per heavy atom. The van der Waals surface area contributed by atoms with Crippen LogP contribution in [-0.4, -0.2) is 0 Å². The molecule has 1 fully saturated rings. The molecule has 0 aromatic heterocycles. The molecular formula is C14H20. The smallest absolute Gasteiger partial charge is 0.0136 e. The lowest BCUT2D eigenvalue weighted by molar-refractivity contribution is 0.533. The summed E-state index contributed by atoms with van der Waals surface area (Å²) in [6.45, 7) is 4.61. The van der Waals surface area contributed by atoms with Crippen LogP contribution in [0, 0.1) is 5.92 Å². The molecular weight excluding hydrogens is 168 g/mol. The first-order valence-electron chi connectivity index (χ1n) is 5.90. The minimum absolute atomic E-state index is 0.834. The molecule has 0 heteroatoms. The molecule has 0 N–H and O–H groups in total.